The second kappa shape index (κ2) is 12.9. The summed E-state index contributed by atoms with van der Waals surface area (Å²) in [6.45, 7) is 2.41. The Morgan fingerprint density at radius 1 is 1.15 bits per heavy atom. The van der Waals surface area contributed by atoms with Crippen LogP contribution in [0, 0.1) is 0 Å². The highest BCUT2D eigenvalue weighted by atomic mass is 32.1. The van der Waals surface area contributed by atoms with E-state index in [1.54, 1.807) is 36.7 Å². The van der Waals surface area contributed by atoms with E-state index in [-0.39, 0.29) is 24.9 Å². The summed E-state index contributed by atoms with van der Waals surface area (Å²) in [6, 6.07) is 14.9. The number of benzene rings is 2. The number of esters is 1. The van der Waals surface area contributed by atoms with Gasteiger partial charge in [0.25, 0.3) is 5.91 Å². The third-order valence-corrected chi connectivity index (χ3v) is 5.23. The maximum Gasteiger partial charge on any atom is 0.311 e. The summed E-state index contributed by atoms with van der Waals surface area (Å²) in [7, 11) is 1.53. The van der Waals surface area contributed by atoms with Crippen LogP contribution in [0.2, 0.25) is 0 Å². The summed E-state index contributed by atoms with van der Waals surface area (Å²) in [6.07, 6.45) is 1.73. The molecule has 34 heavy (non-hydrogen) atoms. The van der Waals surface area contributed by atoms with E-state index in [0.717, 1.165) is 11.1 Å². The van der Waals surface area contributed by atoms with Crippen LogP contribution in [0.25, 0.3) is 0 Å². The molecule has 1 aromatic heterocycles. The number of hydrazone groups is 1. The summed E-state index contributed by atoms with van der Waals surface area (Å²) in [4.78, 5) is 27.9. The Morgan fingerprint density at radius 2 is 1.97 bits per heavy atom. The molecule has 0 atom stereocenters. The SMILES string of the molecule is CCOC(=O)Cc1csc(NN=Cc2ccc(OCC(=O)NCc3ccccc3)c(OC)c2)n1. The van der Waals surface area contributed by atoms with Gasteiger partial charge in [-0.25, -0.2) is 4.98 Å². The van der Waals surface area contributed by atoms with E-state index in [9.17, 15) is 9.59 Å². The third kappa shape index (κ3) is 7.89. The van der Waals surface area contributed by atoms with E-state index in [4.69, 9.17) is 14.2 Å². The van der Waals surface area contributed by atoms with Gasteiger partial charge in [0.1, 0.15) is 0 Å². The van der Waals surface area contributed by atoms with Gasteiger partial charge in [-0.3, -0.25) is 15.0 Å². The summed E-state index contributed by atoms with van der Waals surface area (Å²) < 4.78 is 15.9. The Hall–Kier alpha value is -3.92. The predicted octanol–water partition coefficient (Wildman–Crippen LogP) is 3.40. The maximum atomic E-state index is 12.1. The quantitative estimate of drug-likeness (QED) is 0.231. The fourth-order valence-electron chi connectivity index (χ4n) is 2.84. The van der Waals surface area contributed by atoms with Gasteiger partial charge in [0.2, 0.25) is 5.13 Å². The van der Waals surface area contributed by atoms with Gasteiger partial charge in [0.15, 0.2) is 18.1 Å². The topological polar surface area (TPSA) is 111 Å². The molecule has 0 saturated heterocycles. The number of nitrogens with zero attached hydrogens (tertiary/aromatic N) is 2. The lowest BCUT2D eigenvalue weighted by Gasteiger charge is -2.11. The molecule has 0 unspecified atom stereocenters. The maximum absolute atomic E-state index is 12.1. The van der Waals surface area contributed by atoms with Gasteiger partial charge < -0.3 is 19.5 Å². The molecule has 2 N–H and O–H groups in total. The molecule has 0 aliphatic heterocycles. The van der Waals surface area contributed by atoms with E-state index >= 15 is 0 Å². The summed E-state index contributed by atoms with van der Waals surface area (Å²) >= 11 is 1.34. The molecule has 0 fully saturated rings. The van der Waals surface area contributed by atoms with E-state index in [2.05, 4.69) is 20.8 Å². The summed E-state index contributed by atoms with van der Waals surface area (Å²) in [5.74, 6) is 0.384. The first-order chi connectivity index (χ1) is 16.6. The number of carbonyl (C=O) groups is 2. The summed E-state index contributed by atoms with van der Waals surface area (Å²) in [5, 5.41) is 9.32. The first-order valence-electron chi connectivity index (χ1n) is 10.6. The number of ether oxygens (including phenoxy) is 3. The zero-order chi connectivity index (χ0) is 24.2. The van der Waals surface area contributed by atoms with Crippen molar-refractivity contribution in [2.24, 2.45) is 5.10 Å². The smallest absolute Gasteiger partial charge is 0.311 e. The van der Waals surface area contributed by atoms with Gasteiger partial charge in [-0.2, -0.15) is 5.10 Å². The molecule has 3 aromatic rings. The summed E-state index contributed by atoms with van der Waals surface area (Å²) in [5.41, 5.74) is 5.23. The van der Waals surface area contributed by atoms with Crippen molar-refractivity contribution in [3.8, 4) is 11.5 Å². The van der Waals surface area contributed by atoms with E-state index in [0.29, 0.717) is 35.5 Å². The second-order valence-corrected chi connectivity index (χ2v) is 7.82. The number of carbonyl (C=O) groups excluding carboxylic acids is 2. The molecular weight excluding hydrogens is 456 g/mol. The number of rotatable bonds is 12. The van der Waals surface area contributed by atoms with Crippen molar-refractivity contribution in [2.45, 2.75) is 19.9 Å². The minimum atomic E-state index is -0.314. The number of anilines is 1. The molecule has 0 bridgehead atoms. The number of nitrogens with one attached hydrogen (secondary N) is 2. The lowest BCUT2D eigenvalue weighted by Crippen LogP contribution is -2.28. The Labute approximate surface area is 201 Å². The number of thiazole rings is 1. The van der Waals surface area contributed by atoms with Crippen molar-refractivity contribution >= 4 is 34.6 Å². The molecular formula is C24H26N4O5S. The van der Waals surface area contributed by atoms with Crippen LogP contribution < -0.4 is 20.2 Å². The lowest BCUT2D eigenvalue weighted by atomic mass is 10.2. The minimum absolute atomic E-state index is 0.124. The Balaban J connectivity index is 1.49. The van der Waals surface area contributed by atoms with Crippen molar-refractivity contribution < 1.29 is 23.8 Å². The molecule has 1 amide bonds. The van der Waals surface area contributed by atoms with Gasteiger partial charge in [-0.05, 0) is 36.2 Å². The van der Waals surface area contributed by atoms with Gasteiger partial charge >= 0.3 is 5.97 Å². The monoisotopic (exact) mass is 482 g/mol. The minimum Gasteiger partial charge on any atom is -0.493 e. The number of hydrogen-bond donors (Lipinski definition) is 2. The molecule has 9 nitrogen and oxygen atoms in total. The molecule has 1 heterocycles. The zero-order valence-electron chi connectivity index (χ0n) is 18.9. The average molecular weight is 483 g/mol. The number of amides is 1. The van der Waals surface area contributed by atoms with Gasteiger partial charge in [-0.15, -0.1) is 11.3 Å². The normalized spacial score (nSPS) is 10.6. The van der Waals surface area contributed by atoms with Crippen LogP contribution in [0.1, 0.15) is 23.7 Å². The fraction of sp³-hybridized carbons (Fsp3) is 0.250. The van der Waals surface area contributed by atoms with Crippen LogP contribution in [0.3, 0.4) is 0 Å². The van der Waals surface area contributed by atoms with Crippen LogP contribution in [-0.2, 0) is 27.3 Å². The van der Waals surface area contributed by atoms with Crippen LogP contribution in [0.4, 0.5) is 5.13 Å². The average Bonchev–Trinajstić information content (AvgIpc) is 3.29. The number of methoxy groups -OCH3 is 1. The predicted molar refractivity (Wildman–Crippen MR) is 130 cm³/mol. The van der Waals surface area contributed by atoms with Crippen molar-refractivity contribution in [3.05, 3.63) is 70.7 Å². The van der Waals surface area contributed by atoms with E-state index < -0.39 is 0 Å². The first-order valence-corrected chi connectivity index (χ1v) is 11.5. The molecule has 0 aliphatic carbocycles. The molecule has 178 valence electrons. The number of aromatic nitrogens is 1. The Kier molecular flexibility index (Phi) is 9.41. The van der Waals surface area contributed by atoms with Crippen LogP contribution in [0.15, 0.2) is 59.0 Å². The lowest BCUT2D eigenvalue weighted by molar-refractivity contribution is -0.142. The molecule has 0 spiro atoms. The highest BCUT2D eigenvalue weighted by Crippen LogP contribution is 2.27. The molecule has 0 radical (unpaired) electrons. The van der Waals surface area contributed by atoms with Crippen LogP contribution in [0.5, 0.6) is 11.5 Å². The fourth-order valence-corrected chi connectivity index (χ4v) is 3.50. The van der Waals surface area contributed by atoms with Crippen LogP contribution in [-0.4, -0.2) is 43.4 Å². The van der Waals surface area contributed by atoms with Crippen molar-refractivity contribution in [1.82, 2.24) is 10.3 Å². The van der Waals surface area contributed by atoms with Gasteiger partial charge in [0.05, 0.1) is 32.0 Å². The Morgan fingerprint density at radius 3 is 2.74 bits per heavy atom. The third-order valence-electron chi connectivity index (χ3n) is 4.44. The van der Waals surface area contributed by atoms with Crippen molar-refractivity contribution in [2.75, 3.05) is 25.7 Å². The number of hydrogen-bond acceptors (Lipinski definition) is 9. The highest BCUT2D eigenvalue weighted by molar-refractivity contribution is 7.13. The first kappa shape index (κ1) is 24.7. The largest absolute Gasteiger partial charge is 0.493 e. The van der Waals surface area contributed by atoms with Crippen molar-refractivity contribution in [1.29, 1.82) is 0 Å². The molecule has 2 aromatic carbocycles. The highest BCUT2D eigenvalue weighted by Gasteiger charge is 2.09. The molecule has 3 rings (SSSR count). The van der Waals surface area contributed by atoms with E-state index in [1.807, 2.05) is 30.3 Å². The molecule has 0 aliphatic rings. The second-order valence-electron chi connectivity index (χ2n) is 6.96. The van der Waals surface area contributed by atoms with Crippen molar-refractivity contribution in [3.63, 3.8) is 0 Å². The van der Waals surface area contributed by atoms with E-state index in [1.165, 1.54) is 18.4 Å². The zero-order valence-corrected chi connectivity index (χ0v) is 19.8. The van der Waals surface area contributed by atoms with Crippen LogP contribution >= 0.6 is 11.3 Å². The van der Waals surface area contributed by atoms with Gasteiger partial charge in [0, 0.05) is 11.9 Å². The molecule has 0 saturated carbocycles. The standard InChI is InChI=1S/C24H26N4O5S/c1-3-32-23(30)12-19-16-34-24(27-19)28-26-14-18-9-10-20(21(11-18)31-2)33-15-22(29)25-13-17-7-5-4-6-8-17/h4-11,14,16H,3,12-13,15H2,1-2H3,(H,25,29)(H,27,28). The molecule has 10 heteroatoms. The Bertz CT molecular complexity index is 1120. The van der Waals surface area contributed by atoms with Gasteiger partial charge in [-0.1, -0.05) is 30.3 Å².